The maximum atomic E-state index is 4.37. The number of H-pyrrole nitrogens is 1. The highest BCUT2D eigenvalue weighted by Crippen LogP contribution is 2.34. The molecule has 3 aromatic rings. The van der Waals surface area contributed by atoms with Crippen LogP contribution in [0.15, 0.2) is 47.3 Å². The lowest BCUT2D eigenvalue weighted by atomic mass is 9.89. The topological polar surface area (TPSA) is 31.9 Å². The molecule has 4 rings (SSSR count). The van der Waals surface area contributed by atoms with Crippen LogP contribution in [0.5, 0.6) is 0 Å². The van der Waals surface area contributed by atoms with Gasteiger partial charge >= 0.3 is 0 Å². The molecule has 3 nitrogen and oxygen atoms in total. The van der Waals surface area contributed by atoms with Crippen molar-refractivity contribution < 1.29 is 0 Å². The Kier molecular flexibility index (Phi) is 4.50. The normalized spacial score (nSPS) is 18.8. The van der Waals surface area contributed by atoms with Gasteiger partial charge in [-0.15, -0.1) is 0 Å². The van der Waals surface area contributed by atoms with Crippen LogP contribution in [0.4, 0.5) is 0 Å². The van der Waals surface area contributed by atoms with Crippen LogP contribution in [-0.4, -0.2) is 28.2 Å². The van der Waals surface area contributed by atoms with E-state index in [2.05, 4.69) is 63.1 Å². The van der Waals surface area contributed by atoms with Crippen LogP contribution in [0, 0.1) is 6.92 Å². The number of hydrogen-bond acceptors (Lipinski definition) is 3. The SMILES string of the molecule is Cc1ccccc1-c1cn[nH]c1[C@H]1CCCN(Cc2ccsc2)C1. The zero-order valence-electron chi connectivity index (χ0n) is 14.0. The van der Waals surface area contributed by atoms with Gasteiger partial charge in [-0.2, -0.15) is 16.4 Å². The first-order valence-corrected chi connectivity index (χ1v) is 9.58. The van der Waals surface area contributed by atoms with Gasteiger partial charge in [0.2, 0.25) is 0 Å². The second-order valence-corrected chi connectivity index (χ2v) is 7.50. The zero-order valence-corrected chi connectivity index (χ0v) is 14.9. The Hall–Kier alpha value is -1.91. The third-order valence-electron chi connectivity index (χ3n) is 5.00. The third kappa shape index (κ3) is 3.17. The highest BCUT2D eigenvalue weighted by molar-refractivity contribution is 7.07. The van der Waals surface area contributed by atoms with Gasteiger partial charge in [0, 0.05) is 30.3 Å². The van der Waals surface area contributed by atoms with Crippen molar-refractivity contribution in [2.24, 2.45) is 0 Å². The number of aromatic amines is 1. The van der Waals surface area contributed by atoms with Crippen LogP contribution in [0.1, 0.15) is 35.6 Å². The molecule has 1 atom stereocenters. The molecule has 0 unspecified atom stereocenters. The maximum Gasteiger partial charge on any atom is 0.0568 e. The smallest absolute Gasteiger partial charge is 0.0568 e. The molecular weight excluding hydrogens is 314 g/mol. The van der Waals surface area contributed by atoms with Crippen molar-refractivity contribution in [3.8, 4) is 11.1 Å². The van der Waals surface area contributed by atoms with Crippen molar-refractivity contribution in [2.45, 2.75) is 32.2 Å². The van der Waals surface area contributed by atoms with Gasteiger partial charge in [-0.05, 0) is 59.8 Å². The highest BCUT2D eigenvalue weighted by atomic mass is 32.1. The van der Waals surface area contributed by atoms with E-state index in [1.165, 1.54) is 47.3 Å². The molecule has 0 spiro atoms. The summed E-state index contributed by atoms with van der Waals surface area (Å²) in [6.07, 6.45) is 4.48. The molecule has 1 aliphatic heterocycles. The number of aryl methyl sites for hydroxylation is 1. The maximum absolute atomic E-state index is 4.37. The fraction of sp³-hybridized carbons (Fsp3) is 0.350. The van der Waals surface area contributed by atoms with Gasteiger partial charge in [-0.25, -0.2) is 0 Å². The molecule has 1 fully saturated rings. The van der Waals surface area contributed by atoms with Crippen LogP contribution in [0.3, 0.4) is 0 Å². The number of hydrogen-bond donors (Lipinski definition) is 1. The van der Waals surface area contributed by atoms with Gasteiger partial charge in [0.25, 0.3) is 0 Å². The third-order valence-corrected chi connectivity index (χ3v) is 5.74. The molecule has 1 aliphatic rings. The molecule has 0 aliphatic carbocycles. The van der Waals surface area contributed by atoms with Gasteiger partial charge < -0.3 is 0 Å². The number of likely N-dealkylation sites (tertiary alicyclic amines) is 1. The highest BCUT2D eigenvalue weighted by Gasteiger charge is 2.25. The Morgan fingerprint density at radius 2 is 2.17 bits per heavy atom. The molecule has 0 saturated carbocycles. The number of nitrogens with zero attached hydrogens (tertiary/aromatic N) is 2. The number of aromatic nitrogens is 2. The average Bonchev–Trinajstić information content (AvgIpc) is 3.27. The first-order chi connectivity index (χ1) is 11.8. The fourth-order valence-electron chi connectivity index (χ4n) is 3.77. The summed E-state index contributed by atoms with van der Waals surface area (Å²) in [5.41, 5.74) is 6.63. The number of piperidine rings is 1. The van der Waals surface area contributed by atoms with Crippen LogP contribution >= 0.6 is 11.3 Å². The predicted octanol–water partition coefficient (Wildman–Crippen LogP) is 4.83. The molecule has 0 amide bonds. The second kappa shape index (κ2) is 6.91. The molecule has 0 radical (unpaired) electrons. The number of benzene rings is 1. The van der Waals surface area contributed by atoms with Crippen molar-refractivity contribution in [1.82, 2.24) is 15.1 Å². The minimum absolute atomic E-state index is 0.537. The average molecular weight is 337 g/mol. The fourth-order valence-corrected chi connectivity index (χ4v) is 4.43. The standard InChI is InChI=1S/C20H23N3S/c1-15-5-2-3-7-18(15)19-11-21-22-20(19)17-6-4-9-23(13-17)12-16-8-10-24-14-16/h2-3,5,7-8,10-11,14,17H,4,6,9,12-13H2,1H3,(H,21,22)/t17-/m0/s1. The molecular formula is C20H23N3S. The molecule has 2 aromatic heterocycles. The molecule has 3 heterocycles. The molecule has 1 aromatic carbocycles. The summed E-state index contributed by atoms with van der Waals surface area (Å²) in [7, 11) is 0. The Morgan fingerprint density at radius 1 is 1.25 bits per heavy atom. The van der Waals surface area contributed by atoms with Crippen LogP contribution in [0.2, 0.25) is 0 Å². The van der Waals surface area contributed by atoms with Crippen molar-refractivity contribution >= 4 is 11.3 Å². The van der Waals surface area contributed by atoms with Gasteiger partial charge in [0.05, 0.1) is 6.20 Å². The molecule has 0 bridgehead atoms. The summed E-state index contributed by atoms with van der Waals surface area (Å²) < 4.78 is 0. The van der Waals surface area contributed by atoms with E-state index in [4.69, 9.17) is 0 Å². The van der Waals surface area contributed by atoms with E-state index in [0.717, 1.165) is 13.1 Å². The summed E-state index contributed by atoms with van der Waals surface area (Å²) >= 11 is 1.79. The van der Waals surface area contributed by atoms with Gasteiger partial charge in [0.1, 0.15) is 0 Å². The van der Waals surface area contributed by atoms with E-state index in [-0.39, 0.29) is 0 Å². The van der Waals surface area contributed by atoms with Gasteiger partial charge in [0.15, 0.2) is 0 Å². The summed E-state index contributed by atoms with van der Waals surface area (Å²) in [5, 5.41) is 12.1. The Morgan fingerprint density at radius 3 is 3.00 bits per heavy atom. The lowest BCUT2D eigenvalue weighted by Gasteiger charge is -2.32. The van der Waals surface area contributed by atoms with E-state index in [0.29, 0.717) is 5.92 Å². The van der Waals surface area contributed by atoms with Crippen molar-refractivity contribution in [2.75, 3.05) is 13.1 Å². The molecule has 24 heavy (non-hydrogen) atoms. The van der Waals surface area contributed by atoms with E-state index >= 15 is 0 Å². The van der Waals surface area contributed by atoms with Crippen LogP contribution in [-0.2, 0) is 6.54 Å². The summed E-state index contributed by atoms with van der Waals surface area (Å²) in [6.45, 7) is 5.54. The molecule has 4 heteroatoms. The lowest BCUT2D eigenvalue weighted by molar-refractivity contribution is 0.199. The Labute approximate surface area is 147 Å². The number of rotatable bonds is 4. The van der Waals surface area contributed by atoms with Gasteiger partial charge in [-0.1, -0.05) is 24.3 Å². The second-order valence-electron chi connectivity index (χ2n) is 6.72. The predicted molar refractivity (Wildman–Crippen MR) is 100 cm³/mol. The zero-order chi connectivity index (χ0) is 16.4. The van der Waals surface area contributed by atoms with E-state index in [1.54, 1.807) is 11.3 Å². The molecule has 1 N–H and O–H groups in total. The van der Waals surface area contributed by atoms with Crippen molar-refractivity contribution in [3.05, 3.63) is 64.1 Å². The minimum atomic E-state index is 0.537. The van der Waals surface area contributed by atoms with Crippen molar-refractivity contribution in [1.29, 1.82) is 0 Å². The van der Waals surface area contributed by atoms with E-state index < -0.39 is 0 Å². The largest absolute Gasteiger partial charge is 0.298 e. The molecule has 1 saturated heterocycles. The molecule has 124 valence electrons. The quantitative estimate of drug-likeness (QED) is 0.740. The van der Waals surface area contributed by atoms with Crippen LogP contribution < -0.4 is 0 Å². The Balaban J connectivity index is 1.56. The van der Waals surface area contributed by atoms with E-state index in [1.807, 2.05) is 6.20 Å². The monoisotopic (exact) mass is 337 g/mol. The number of nitrogens with one attached hydrogen (secondary N) is 1. The van der Waals surface area contributed by atoms with Crippen molar-refractivity contribution in [3.63, 3.8) is 0 Å². The first-order valence-electron chi connectivity index (χ1n) is 8.64. The van der Waals surface area contributed by atoms with Gasteiger partial charge in [-0.3, -0.25) is 10.00 Å². The first kappa shape index (κ1) is 15.6. The summed E-state index contributed by atoms with van der Waals surface area (Å²) in [4.78, 5) is 2.58. The van der Waals surface area contributed by atoms with Crippen LogP contribution in [0.25, 0.3) is 11.1 Å². The summed E-state index contributed by atoms with van der Waals surface area (Å²) in [5.74, 6) is 0.537. The Bertz CT molecular complexity index is 791. The number of thiophene rings is 1. The lowest BCUT2D eigenvalue weighted by Crippen LogP contribution is -2.34. The minimum Gasteiger partial charge on any atom is -0.298 e. The summed E-state index contributed by atoms with van der Waals surface area (Å²) in [6, 6.07) is 10.8. The van der Waals surface area contributed by atoms with E-state index in [9.17, 15) is 0 Å².